The van der Waals surface area contributed by atoms with E-state index in [0.717, 1.165) is 25.2 Å². The molecule has 0 saturated carbocycles. The smallest absolute Gasteiger partial charge is 0.335 e. The first-order valence-electron chi connectivity index (χ1n) is 8.89. The van der Waals surface area contributed by atoms with Gasteiger partial charge in [-0.05, 0) is 49.6 Å². The lowest BCUT2D eigenvalue weighted by molar-refractivity contribution is 0.0696. The number of benzene rings is 2. The molecule has 1 aliphatic heterocycles. The highest BCUT2D eigenvalue weighted by atomic mass is 16.4. The van der Waals surface area contributed by atoms with Gasteiger partial charge in [-0.25, -0.2) is 4.79 Å². The second-order valence-corrected chi connectivity index (χ2v) is 7.12. The number of nitrogens with one attached hydrogen (secondary N) is 1. The van der Waals surface area contributed by atoms with Crippen LogP contribution in [-0.4, -0.2) is 34.6 Å². The molecule has 1 aliphatic rings. The van der Waals surface area contributed by atoms with Gasteiger partial charge in [0.1, 0.15) is 0 Å². The van der Waals surface area contributed by atoms with Gasteiger partial charge < -0.3 is 10.4 Å². The Kier molecular flexibility index (Phi) is 5.51. The fourth-order valence-electron chi connectivity index (χ4n) is 3.64. The molecule has 1 unspecified atom stereocenters. The first kappa shape index (κ1) is 17.6. The van der Waals surface area contributed by atoms with Crippen LogP contribution in [0.4, 0.5) is 0 Å². The molecule has 1 saturated heterocycles. The summed E-state index contributed by atoms with van der Waals surface area (Å²) in [6, 6.07) is 17.8. The molecule has 0 bridgehead atoms. The lowest BCUT2D eigenvalue weighted by Crippen LogP contribution is -2.48. The Morgan fingerprint density at radius 3 is 2.68 bits per heavy atom. The fraction of sp³-hybridized carbons (Fsp3) is 0.381. The molecule has 1 fully saturated rings. The predicted molar refractivity (Wildman–Crippen MR) is 99.6 cm³/mol. The first-order chi connectivity index (χ1) is 12.1. The van der Waals surface area contributed by atoms with Gasteiger partial charge in [-0.1, -0.05) is 42.5 Å². The summed E-state index contributed by atoms with van der Waals surface area (Å²) in [5.74, 6) is -0.876. The van der Waals surface area contributed by atoms with Gasteiger partial charge >= 0.3 is 5.97 Å². The summed E-state index contributed by atoms with van der Waals surface area (Å²) in [6.07, 6.45) is 2.40. The monoisotopic (exact) mass is 338 g/mol. The third-order valence-corrected chi connectivity index (χ3v) is 5.13. The summed E-state index contributed by atoms with van der Waals surface area (Å²) < 4.78 is 0. The summed E-state index contributed by atoms with van der Waals surface area (Å²) in [6.45, 7) is 6.02. The van der Waals surface area contributed by atoms with E-state index < -0.39 is 5.97 Å². The number of carboxylic acids is 1. The summed E-state index contributed by atoms with van der Waals surface area (Å²) in [5.41, 5.74) is 2.85. The fourth-order valence-corrected chi connectivity index (χ4v) is 3.64. The topological polar surface area (TPSA) is 52.6 Å². The Hall–Kier alpha value is -2.17. The van der Waals surface area contributed by atoms with Crippen LogP contribution in [0.3, 0.4) is 0 Å². The number of hydrogen-bond donors (Lipinski definition) is 2. The van der Waals surface area contributed by atoms with E-state index in [0.29, 0.717) is 12.1 Å². The van der Waals surface area contributed by atoms with Crippen molar-refractivity contribution in [2.75, 3.05) is 13.1 Å². The molecule has 4 heteroatoms. The quantitative estimate of drug-likeness (QED) is 0.811. The number of nitrogens with zero attached hydrogens (tertiary/aromatic N) is 1. The van der Waals surface area contributed by atoms with Crippen LogP contribution in [0.2, 0.25) is 0 Å². The lowest BCUT2D eigenvalue weighted by atomic mass is 9.98. The molecule has 2 N–H and O–H groups in total. The van der Waals surface area contributed by atoms with Crippen molar-refractivity contribution >= 4 is 5.97 Å². The molecule has 4 nitrogen and oxygen atoms in total. The average molecular weight is 338 g/mol. The van der Waals surface area contributed by atoms with Gasteiger partial charge in [-0.15, -0.1) is 0 Å². The van der Waals surface area contributed by atoms with Crippen molar-refractivity contribution in [2.24, 2.45) is 0 Å². The molecule has 0 aromatic heterocycles. The van der Waals surface area contributed by atoms with E-state index in [1.54, 1.807) is 18.2 Å². The van der Waals surface area contributed by atoms with E-state index in [2.05, 4.69) is 47.5 Å². The maximum Gasteiger partial charge on any atom is 0.335 e. The summed E-state index contributed by atoms with van der Waals surface area (Å²) >= 11 is 0. The van der Waals surface area contributed by atoms with Crippen LogP contribution < -0.4 is 5.32 Å². The van der Waals surface area contributed by atoms with Crippen molar-refractivity contribution in [3.05, 3.63) is 71.3 Å². The first-order valence-corrected chi connectivity index (χ1v) is 8.89. The zero-order valence-corrected chi connectivity index (χ0v) is 14.7. The van der Waals surface area contributed by atoms with Crippen molar-refractivity contribution in [1.29, 1.82) is 0 Å². The van der Waals surface area contributed by atoms with Gasteiger partial charge in [0.05, 0.1) is 5.56 Å². The molecule has 0 radical (unpaired) electrons. The molecule has 132 valence electrons. The lowest BCUT2D eigenvalue weighted by Gasteiger charge is -2.35. The minimum atomic E-state index is -0.876. The number of aromatic carboxylic acids is 1. The molecule has 1 heterocycles. The molecule has 3 rings (SSSR count). The van der Waals surface area contributed by atoms with E-state index in [-0.39, 0.29) is 5.54 Å². The van der Waals surface area contributed by atoms with Crippen LogP contribution >= 0.6 is 0 Å². The van der Waals surface area contributed by atoms with E-state index in [1.807, 2.05) is 6.07 Å². The van der Waals surface area contributed by atoms with Crippen molar-refractivity contribution in [3.8, 4) is 0 Å². The van der Waals surface area contributed by atoms with Gasteiger partial charge in [-0.2, -0.15) is 0 Å². The van der Waals surface area contributed by atoms with E-state index >= 15 is 0 Å². The van der Waals surface area contributed by atoms with Crippen LogP contribution in [-0.2, 0) is 13.1 Å². The second-order valence-electron chi connectivity index (χ2n) is 7.12. The Morgan fingerprint density at radius 1 is 1.16 bits per heavy atom. The van der Waals surface area contributed by atoms with Gasteiger partial charge in [0.25, 0.3) is 0 Å². The molecule has 2 aromatic carbocycles. The summed E-state index contributed by atoms with van der Waals surface area (Å²) in [7, 11) is 0. The van der Waals surface area contributed by atoms with Gasteiger partial charge in [0.15, 0.2) is 0 Å². The van der Waals surface area contributed by atoms with Gasteiger partial charge in [0, 0.05) is 25.2 Å². The zero-order chi connectivity index (χ0) is 17.7. The molecular weight excluding hydrogens is 312 g/mol. The number of hydrogen-bond acceptors (Lipinski definition) is 3. The van der Waals surface area contributed by atoms with E-state index in [1.165, 1.54) is 18.4 Å². The minimum absolute atomic E-state index is 0.139. The third kappa shape index (κ3) is 4.47. The van der Waals surface area contributed by atoms with Crippen LogP contribution in [0.25, 0.3) is 0 Å². The minimum Gasteiger partial charge on any atom is -0.478 e. The van der Waals surface area contributed by atoms with Crippen molar-refractivity contribution in [2.45, 2.75) is 38.4 Å². The van der Waals surface area contributed by atoms with Crippen LogP contribution in [0.5, 0.6) is 0 Å². The van der Waals surface area contributed by atoms with E-state index in [4.69, 9.17) is 5.11 Å². The Morgan fingerprint density at radius 2 is 1.92 bits per heavy atom. The SMILES string of the molecule is CC1(CNCc2cccc(C(=O)O)c2)CCCN1Cc1ccccc1. The highest BCUT2D eigenvalue weighted by Gasteiger charge is 2.35. The normalized spacial score (nSPS) is 20.7. The molecule has 0 aliphatic carbocycles. The Balaban J connectivity index is 1.57. The molecule has 25 heavy (non-hydrogen) atoms. The van der Waals surface area contributed by atoms with Crippen LogP contribution in [0.1, 0.15) is 41.3 Å². The Bertz CT molecular complexity index is 717. The van der Waals surface area contributed by atoms with Gasteiger partial charge in [0.2, 0.25) is 0 Å². The van der Waals surface area contributed by atoms with Crippen molar-refractivity contribution in [3.63, 3.8) is 0 Å². The second kappa shape index (κ2) is 7.81. The van der Waals surface area contributed by atoms with Crippen molar-refractivity contribution < 1.29 is 9.90 Å². The molecular formula is C21H26N2O2. The highest BCUT2D eigenvalue weighted by Crippen LogP contribution is 2.30. The Labute approximate surface area is 149 Å². The predicted octanol–water partition coefficient (Wildman–Crippen LogP) is 3.53. The largest absolute Gasteiger partial charge is 0.478 e. The molecule has 1 atom stereocenters. The summed E-state index contributed by atoms with van der Waals surface area (Å²) in [4.78, 5) is 13.6. The van der Waals surface area contributed by atoms with Gasteiger partial charge in [-0.3, -0.25) is 4.90 Å². The average Bonchev–Trinajstić information content (AvgIpc) is 2.97. The summed E-state index contributed by atoms with van der Waals surface area (Å²) in [5, 5.41) is 12.6. The molecule has 0 amide bonds. The van der Waals surface area contributed by atoms with Crippen LogP contribution in [0.15, 0.2) is 54.6 Å². The third-order valence-electron chi connectivity index (χ3n) is 5.13. The number of likely N-dealkylation sites (tertiary alicyclic amines) is 1. The molecule has 0 spiro atoms. The maximum absolute atomic E-state index is 11.1. The van der Waals surface area contributed by atoms with E-state index in [9.17, 15) is 4.79 Å². The van der Waals surface area contributed by atoms with Crippen LogP contribution in [0, 0.1) is 0 Å². The zero-order valence-electron chi connectivity index (χ0n) is 14.7. The number of carboxylic acid groups (broad SMARTS) is 1. The maximum atomic E-state index is 11.1. The van der Waals surface area contributed by atoms with Crippen molar-refractivity contribution in [1.82, 2.24) is 10.2 Å². The number of rotatable bonds is 7. The highest BCUT2D eigenvalue weighted by molar-refractivity contribution is 5.87. The standard InChI is InChI=1S/C21H26N2O2/c1-21(11-6-12-23(21)15-17-7-3-2-4-8-17)16-22-14-18-9-5-10-19(13-18)20(24)25/h2-5,7-10,13,22H,6,11-12,14-16H2,1H3,(H,24,25). The number of carbonyl (C=O) groups is 1. The molecule has 2 aromatic rings.